The van der Waals surface area contributed by atoms with E-state index >= 15 is 0 Å². The zero-order chi connectivity index (χ0) is 19.1. The van der Waals surface area contributed by atoms with Crippen LogP contribution in [0.1, 0.15) is 12.8 Å². The van der Waals surface area contributed by atoms with Gasteiger partial charge in [0.2, 0.25) is 5.91 Å². The third-order valence-electron chi connectivity index (χ3n) is 4.23. The molecule has 2 aromatic rings. The number of carbonyl (C=O) groups is 1. The molecule has 3 rings (SSSR count). The Hall–Kier alpha value is -2.32. The first-order valence-corrected chi connectivity index (χ1v) is 9.75. The van der Waals surface area contributed by atoms with E-state index < -0.39 is 0 Å². The number of nitrogens with zero attached hydrogens (tertiary/aromatic N) is 2. The Morgan fingerprint density at radius 2 is 2.15 bits per heavy atom. The lowest BCUT2D eigenvalue weighted by Gasteiger charge is -2.11. The summed E-state index contributed by atoms with van der Waals surface area (Å²) in [5.41, 5.74) is 1.53. The topological polar surface area (TPSA) is 82.6 Å². The van der Waals surface area contributed by atoms with Crippen LogP contribution in [0.3, 0.4) is 0 Å². The van der Waals surface area contributed by atoms with Crippen LogP contribution in [0.4, 0.5) is 0 Å². The number of rotatable bonds is 8. The second-order valence-corrected chi connectivity index (χ2v) is 7.05. The molecule has 1 amide bonds. The summed E-state index contributed by atoms with van der Waals surface area (Å²) in [6.45, 7) is 1.36. The molecule has 1 saturated heterocycles. The van der Waals surface area contributed by atoms with Crippen molar-refractivity contribution in [3.8, 4) is 22.8 Å². The molecule has 1 N–H and O–H groups in total. The molecule has 1 atom stereocenters. The fourth-order valence-electron chi connectivity index (χ4n) is 2.77. The average molecular weight is 389 g/mol. The van der Waals surface area contributed by atoms with Crippen LogP contribution in [0.2, 0.25) is 0 Å². The normalized spacial score (nSPS) is 16.1. The van der Waals surface area contributed by atoms with Crippen LogP contribution < -0.4 is 14.8 Å². The van der Waals surface area contributed by atoms with Gasteiger partial charge in [0, 0.05) is 24.8 Å². The van der Waals surface area contributed by atoms with Gasteiger partial charge >= 0.3 is 0 Å². The van der Waals surface area contributed by atoms with Crippen molar-refractivity contribution in [2.75, 3.05) is 33.1 Å². The van der Waals surface area contributed by atoms with Gasteiger partial charge in [0.25, 0.3) is 0 Å². The SMILES string of the molecule is COc1ccc(-c2ccc(SCC(=O)NC[C@H]3CCCO3)nn2)c(OC)c1. The lowest BCUT2D eigenvalue weighted by molar-refractivity contribution is -0.119. The van der Waals surface area contributed by atoms with Gasteiger partial charge < -0.3 is 19.5 Å². The Kier molecular flexibility index (Phi) is 6.89. The van der Waals surface area contributed by atoms with E-state index in [9.17, 15) is 4.79 Å². The molecule has 8 heteroatoms. The second kappa shape index (κ2) is 9.57. The van der Waals surface area contributed by atoms with Crippen LogP contribution in [0.25, 0.3) is 11.3 Å². The lowest BCUT2D eigenvalue weighted by atomic mass is 10.1. The van der Waals surface area contributed by atoms with Gasteiger partial charge in [-0.05, 0) is 37.1 Å². The van der Waals surface area contributed by atoms with Crippen LogP contribution >= 0.6 is 11.8 Å². The molecule has 0 aliphatic carbocycles. The fourth-order valence-corrected chi connectivity index (χ4v) is 3.42. The van der Waals surface area contributed by atoms with E-state index in [1.807, 2.05) is 24.3 Å². The third-order valence-corrected chi connectivity index (χ3v) is 5.15. The highest BCUT2D eigenvalue weighted by molar-refractivity contribution is 7.99. The van der Waals surface area contributed by atoms with Crippen LogP contribution in [0.5, 0.6) is 11.5 Å². The Bertz CT molecular complexity index is 764. The van der Waals surface area contributed by atoms with Gasteiger partial charge in [-0.2, -0.15) is 0 Å². The summed E-state index contributed by atoms with van der Waals surface area (Å²) in [5, 5.41) is 12.1. The van der Waals surface area contributed by atoms with E-state index in [1.54, 1.807) is 20.3 Å². The first-order valence-electron chi connectivity index (χ1n) is 8.77. The van der Waals surface area contributed by atoms with E-state index in [-0.39, 0.29) is 12.0 Å². The molecule has 144 valence electrons. The summed E-state index contributed by atoms with van der Waals surface area (Å²) in [6.07, 6.45) is 2.23. The van der Waals surface area contributed by atoms with Gasteiger partial charge in [0.15, 0.2) is 0 Å². The molecular weight excluding hydrogens is 366 g/mol. The van der Waals surface area contributed by atoms with Crippen LogP contribution in [-0.2, 0) is 9.53 Å². The van der Waals surface area contributed by atoms with E-state index in [0.717, 1.165) is 25.0 Å². The average Bonchev–Trinajstić information content (AvgIpc) is 3.24. The highest BCUT2D eigenvalue weighted by Crippen LogP contribution is 2.32. The number of aromatic nitrogens is 2. The molecule has 7 nitrogen and oxygen atoms in total. The van der Waals surface area contributed by atoms with Gasteiger partial charge in [-0.25, -0.2) is 0 Å². The maximum Gasteiger partial charge on any atom is 0.230 e. The number of nitrogens with one attached hydrogen (secondary N) is 1. The number of hydrogen-bond acceptors (Lipinski definition) is 7. The van der Waals surface area contributed by atoms with Crippen molar-refractivity contribution in [1.29, 1.82) is 0 Å². The Labute approximate surface area is 162 Å². The summed E-state index contributed by atoms with van der Waals surface area (Å²) < 4.78 is 16.1. The van der Waals surface area contributed by atoms with E-state index in [0.29, 0.717) is 34.5 Å². The first kappa shape index (κ1) is 19.4. The molecule has 0 bridgehead atoms. The predicted octanol–water partition coefficient (Wildman–Crippen LogP) is 2.55. The summed E-state index contributed by atoms with van der Waals surface area (Å²) in [5.74, 6) is 1.65. The summed E-state index contributed by atoms with van der Waals surface area (Å²) >= 11 is 1.35. The highest BCUT2D eigenvalue weighted by atomic mass is 32.2. The molecule has 1 aliphatic rings. The Morgan fingerprint density at radius 3 is 2.81 bits per heavy atom. The maximum atomic E-state index is 11.9. The minimum Gasteiger partial charge on any atom is -0.497 e. The van der Waals surface area contributed by atoms with E-state index in [4.69, 9.17) is 14.2 Å². The third kappa shape index (κ3) is 5.33. The highest BCUT2D eigenvalue weighted by Gasteiger charge is 2.16. The van der Waals surface area contributed by atoms with Crippen molar-refractivity contribution in [1.82, 2.24) is 15.5 Å². The molecule has 0 unspecified atom stereocenters. The zero-order valence-electron chi connectivity index (χ0n) is 15.4. The Morgan fingerprint density at radius 1 is 1.26 bits per heavy atom. The quantitative estimate of drug-likeness (QED) is 0.695. The minimum absolute atomic E-state index is 0.0294. The number of hydrogen-bond donors (Lipinski definition) is 1. The summed E-state index contributed by atoms with van der Waals surface area (Å²) in [7, 11) is 3.21. The largest absolute Gasteiger partial charge is 0.497 e. The van der Waals surface area contributed by atoms with Crippen molar-refractivity contribution < 1.29 is 19.0 Å². The lowest BCUT2D eigenvalue weighted by Crippen LogP contribution is -2.32. The van der Waals surface area contributed by atoms with Crippen molar-refractivity contribution in [2.24, 2.45) is 0 Å². The van der Waals surface area contributed by atoms with Gasteiger partial charge in [0.1, 0.15) is 16.5 Å². The molecule has 27 heavy (non-hydrogen) atoms. The number of ether oxygens (including phenoxy) is 3. The molecule has 0 radical (unpaired) electrons. The number of amides is 1. The number of thioether (sulfide) groups is 1. The van der Waals surface area contributed by atoms with Gasteiger partial charge in [-0.3, -0.25) is 4.79 Å². The van der Waals surface area contributed by atoms with Crippen molar-refractivity contribution in [2.45, 2.75) is 24.0 Å². The summed E-state index contributed by atoms with van der Waals surface area (Å²) in [4.78, 5) is 11.9. The molecule has 1 aromatic carbocycles. The second-order valence-electron chi connectivity index (χ2n) is 6.05. The van der Waals surface area contributed by atoms with Crippen molar-refractivity contribution in [3.05, 3.63) is 30.3 Å². The summed E-state index contributed by atoms with van der Waals surface area (Å²) in [6, 6.07) is 9.25. The van der Waals surface area contributed by atoms with Crippen molar-refractivity contribution in [3.63, 3.8) is 0 Å². The molecule has 1 aromatic heterocycles. The number of carbonyl (C=O) groups excluding carboxylic acids is 1. The molecule has 1 fully saturated rings. The molecule has 2 heterocycles. The fraction of sp³-hybridized carbons (Fsp3) is 0.421. The molecule has 1 aliphatic heterocycles. The smallest absolute Gasteiger partial charge is 0.230 e. The first-order chi connectivity index (χ1) is 13.2. The zero-order valence-corrected chi connectivity index (χ0v) is 16.3. The van der Waals surface area contributed by atoms with Crippen LogP contribution in [0.15, 0.2) is 35.4 Å². The standard InChI is InChI=1S/C19H23N3O4S/c1-24-13-5-6-15(17(10-13)25-2)16-7-8-19(22-21-16)27-12-18(23)20-11-14-4-3-9-26-14/h5-8,10,14H,3-4,9,11-12H2,1-2H3,(H,20,23)/t14-/m1/s1. The van der Waals surface area contributed by atoms with Crippen molar-refractivity contribution >= 4 is 17.7 Å². The van der Waals surface area contributed by atoms with Gasteiger partial charge in [0.05, 0.1) is 31.8 Å². The van der Waals surface area contributed by atoms with Crippen LogP contribution in [-0.4, -0.2) is 55.3 Å². The van der Waals surface area contributed by atoms with E-state index in [2.05, 4.69) is 15.5 Å². The van der Waals surface area contributed by atoms with Crippen LogP contribution in [0, 0.1) is 0 Å². The molecule has 0 spiro atoms. The van der Waals surface area contributed by atoms with Gasteiger partial charge in [-0.1, -0.05) is 11.8 Å². The molecular formula is C19H23N3O4S. The maximum absolute atomic E-state index is 11.9. The van der Waals surface area contributed by atoms with Gasteiger partial charge in [-0.15, -0.1) is 10.2 Å². The number of methoxy groups -OCH3 is 2. The molecule has 0 saturated carbocycles. The minimum atomic E-state index is -0.0294. The number of benzene rings is 1. The Balaban J connectivity index is 1.55. The predicted molar refractivity (Wildman–Crippen MR) is 103 cm³/mol. The monoisotopic (exact) mass is 389 g/mol. The van der Waals surface area contributed by atoms with E-state index in [1.165, 1.54) is 11.8 Å².